The van der Waals surface area contributed by atoms with Crippen LogP contribution in [0.25, 0.3) is 0 Å². The van der Waals surface area contributed by atoms with Crippen LogP contribution in [0.1, 0.15) is 18.2 Å². The van der Waals surface area contributed by atoms with Crippen LogP contribution in [0.4, 0.5) is 0 Å². The molecule has 0 saturated heterocycles. The molecule has 80 valence electrons. The van der Waals surface area contributed by atoms with Gasteiger partial charge in [0.1, 0.15) is 6.10 Å². The number of hydrogen-bond donors (Lipinski definition) is 2. The van der Waals surface area contributed by atoms with Gasteiger partial charge >= 0.3 is 0 Å². The largest absolute Gasteiger partial charge is 0.480 e. The predicted molar refractivity (Wildman–Crippen MR) is 49.8 cm³/mol. The lowest BCUT2D eigenvalue weighted by atomic mass is 10.1. The Morgan fingerprint density at radius 3 is 2.67 bits per heavy atom. The fourth-order valence-corrected chi connectivity index (χ4v) is 0.999. The van der Waals surface area contributed by atoms with Crippen molar-refractivity contribution in [3.05, 3.63) is 17.8 Å². The van der Waals surface area contributed by atoms with Crippen LogP contribution in [-0.2, 0) is 0 Å². The summed E-state index contributed by atoms with van der Waals surface area (Å²) in [6, 6.07) is 4.76. The third-order valence-electron chi connectivity index (χ3n) is 1.84. The molecule has 0 saturated carbocycles. The number of hydrogen-bond acceptors (Lipinski definition) is 6. The molecular formula is C9H11N3O3. The second-order valence-electron chi connectivity index (χ2n) is 2.87. The third kappa shape index (κ3) is 2.87. The minimum absolute atomic E-state index is 0.158. The molecule has 2 atom stereocenters. The fraction of sp³-hybridized carbons (Fsp3) is 0.444. The molecule has 0 aliphatic heterocycles. The Balaban J connectivity index is 2.74. The highest BCUT2D eigenvalue weighted by atomic mass is 16.5. The molecule has 2 N–H and O–H groups in total. The standard InChI is InChI=1S/C9H11N3O3/c1-15-8-3-2-6(11-12-8)9(14)7(13)4-5-10/h2-3,7,9,13-14H,4H2,1H3. The maximum atomic E-state index is 9.54. The van der Waals surface area contributed by atoms with E-state index in [1.54, 1.807) is 6.07 Å². The van der Waals surface area contributed by atoms with Crippen molar-refractivity contribution in [1.82, 2.24) is 10.2 Å². The van der Waals surface area contributed by atoms with Gasteiger partial charge in [-0.05, 0) is 6.07 Å². The van der Waals surface area contributed by atoms with Crippen LogP contribution < -0.4 is 4.74 Å². The number of aliphatic hydroxyl groups is 2. The Hall–Kier alpha value is -1.71. The van der Waals surface area contributed by atoms with Crippen LogP contribution in [0.2, 0.25) is 0 Å². The van der Waals surface area contributed by atoms with E-state index in [9.17, 15) is 10.2 Å². The highest BCUT2D eigenvalue weighted by Gasteiger charge is 2.19. The van der Waals surface area contributed by atoms with Gasteiger partial charge in [0.2, 0.25) is 5.88 Å². The van der Waals surface area contributed by atoms with E-state index in [2.05, 4.69) is 10.2 Å². The molecule has 2 unspecified atom stereocenters. The van der Waals surface area contributed by atoms with Gasteiger partial charge in [0.05, 0.1) is 31.4 Å². The number of methoxy groups -OCH3 is 1. The molecule has 0 aliphatic carbocycles. The molecule has 1 heterocycles. The molecule has 0 spiro atoms. The van der Waals surface area contributed by atoms with Gasteiger partial charge < -0.3 is 14.9 Å². The summed E-state index contributed by atoms with van der Waals surface area (Å²) >= 11 is 0. The normalized spacial score (nSPS) is 14.0. The molecule has 0 amide bonds. The number of ether oxygens (including phenoxy) is 1. The first-order valence-electron chi connectivity index (χ1n) is 4.29. The van der Waals surface area contributed by atoms with E-state index in [0.29, 0.717) is 5.88 Å². The van der Waals surface area contributed by atoms with Crippen molar-refractivity contribution in [2.45, 2.75) is 18.6 Å². The summed E-state index contributed by atoms with van der Waals surface area (Å²) in [7, 11) is 1.45. The van der Waals surface area contributed by atoms with Gasteiger partial charge in [-0.25, -0.2) is 0 Å². The molecule has 0 radical (unpaired) electrons. The number of rotatable bonds is 4. The molecule has 1 rings (SSSR count). The molecule has 0 aliphatic rings. The number of nitrogens with zero attached hydrogens (tertiary/aromatic N) is 3. The van der Waals surface area contributed by atoms with Gasteiger partial charge in [0.15, 0.2) is 0 Å². The summed E-state index contributed by atoms with van der Waals surface area (Å²) in [4.78, 5) is 0. The quantitative estimate of drug-likeness (QED) is 0.712. The number of nitriles is 1. The van der Waals surface area contributed by atoms with Crippen molar-refractivity contribution in [3.63, 3.8) is 0 Å². The van der Waals surface area contributed by atoms with Crippen molar-refractivity contribution in [1.29, 1.82) is 5.26 Å². The summed E-state index contributed by atoms with van der Waals surface area (Å²) in [6.45, 7) is 0. The van der Waals surface area contributed by atoms with Crippen molar-refractivity contribution in [3.8, 4) is 11.9 Å². The minimum atomic E-state index is -1.21. The van der Waals surface area contributed by atoms with Gasteiger partial charge in [-0.2, -0.15) is 5.26 Å². The Bertz CT molecular complexity index is 347. The van der Waals surface area contributed by atoms with Crippen LogP contribution in [0.3, 0.4) is 0 Å². The molecule has 0 bridgehead atoms. The smallest absolute Gasteiger partial charge is 0.233 e. The second-order valence-corrected chi connectivity index (χ2v) is 2.87. The SMILES string of the molecule is COc1ccc(C(O)C(O)CC#N)nn1. The van der Waals surface area contributed by atoms with E-state index < -0.39 is 12.2 Å². The molecule has 6 nitrogen and oxygen atoms in total. The van der Waals surface area contributed by atoms with E-state index in [0.717, 1.165) is 0 Å². The first kappa shape index (κ1) is 11.4. The zero-order valence-corrected chi connectivity index (χ0v) is 8.16. The monoisotopic (exact) mass is 209 g/mol. The maximum Gasteiger partial charge on any atom is 0.233 e. The summed E-state index contributed by atoms with van der Waals surface area (Å²) < 4.78 is 4.79. The molecule has 0 aromatic carbocycles. The van der Waals surface area contributed by atoms with Crippen LogP contribution in [0.15, 0.2) is 12.1 Å². The van der Waals surface area contributed by atoms with Gasteiger partial charge in [0, 0.05) is 6.07 Å². The van der Waals surface area contributed by atoms with Crippen LogP contribution >= 0.6 is 0 Å². The third-order valence-corrected chi connectivity index (χ3v) is 1.84. The lowest BCUT2D eigenvalue weighted by Crippen LogP contribution is -2.18. The fourth-order valence-electron chi connectivity index (χ4n) is 0.999. The highest BCUT2D eigenvalue weighted by molar-refractivity contribution is 5.14. The maximum absolute atomic E-state index is 9.54. The molecule has 6 heteroatoms. The Morgan fingerprint density at radius 2 is 2.20 bits per heavy atom. The summed E-state index contributed by atoms with van der Waals surface area (Å²) in [5.74, 6) is 0.320. The lowest BCUT2D eigenvalue weighted by Gasteiger charge is -2.13. The highest BCUT2D eigenvalue weighted by Crippen LogP contribution is 2.17. The summed E-state index contributed by atoms with van der Waals surface area (Å²) in [5.41, 5.74) is 0.207. The molecule has 1 aromatic heterocycles. The first-order chi connectivity index (χ1) is 7.19. The number of aromatic nitrogens is 2. The van der Waals surface area contributed by atoms with E-state index in [-0.39, 0.29) is 12.1 Å². The van der Waals surface area contributed by atoms with E-state index in [1.165, 1.54) is 19.2 Å². The van der Waals surface area contributed by atoms with Gasteiger partial charge in [-0.15, -0.1) is 10.2 Å². The lowest BCUT2D eigenvalue weighted by molar-refractivity contribution is 0.0184. The van der Waals surface area contributed by atoms with Gasteiger partial charge in [-0.1, -0.05) is 0 Å². The zero-order valence-electron chi connectivity index (χ0n) is 8.16. The summed E-state index contributed by atoms with van der Waals surface area (Å²) in [6.07, 6.45) is -2.52. The van der Waals surface area contributed by atoms with Crippen molar-refractivity contribution >= 4 is 0 Å². The Kier molecular flexibility index (Phi) is 3.97. The first-order valence-corrected chi connectivity index (χ1v) is 4.29. The van der Waals surface area contributed by atoms with Crippen LogP contribution in [0, 0.1) is 11.3 Å². The minimum Gasteiger partial charge on any atom is -0.480 e. The van der Waals surface area contributed by atoms with Crippen molar-refractivity contribution < 1.29 is 14.9 Å². The van der Waals surface area contributed by atoms with Crippen LogP contribution in [-0.4, -0.2) is 33.6 Å². The molecule has 1 aromatic rings. The van der Waals surface area contributed by atoms with Crippen molar-refractivity contribution in [2.75, 3.05) is 7.11 Å². The average Bonchev–Trinajstić information content (AvgIpc) is 2.28. The van der Waals surface area contributed by atoms with Gasteiger partial charge in [-0.3, -0.25) is 0 Å². The second kappa shape index (κ2) is 5.24. The molecule has 0 fully saturated rings. The molecular weight excluding hydrogens is 198 g/mol. The predicted octanol–water partition coefficient (Wildman–Crippen LogP) is -0.207. The number of aliphatic hydroxyl groups excluding tert-OH is 2. The summed E-state index contributed by atoms with van der Waals surface area (Å²) in [5, 5.41) is 34.5. The van der Waals surface area contributed by atoms with E-state index >= 15 is 0 Å². The Morgan fingerprint density at radius 1 is 1.47 bits per heavy atom. The zero-order chi connectivity index (χ0) is 11.3. The Labute approximate surface area is 86.8 Å². The van der Waals surface area contributed by atoms with Crippen LogP contribution in [0.5, 0.6) is 5.88 Å². The topological polar surface area (TPSA) is 99.3 Å². The van der Waals surface area contributed by atoms with Crippen molar-refractivity contribution in [2.24, 2.45) is 0 Å². The molecule has 15 heavy (non-hydrogen) atoms. The van der Waals surface area contributed by atoms with Gasteiger partial charge in [0.25, 0.3) is 0 Å². The van der Waals surface area contributed by atoms with E-state index in [4.69, 9.17) is 10.00 Å². The average molecular weight is 209 g/mol. The van der Waals surface area contributed by atoms with E-state index in [1.807, 2.05) is 0 Å².